The van der Waals surface area contributed by atoms with Crippen LogP contribution < -0.4 is 5.32 Å². The predicted molar refractivity (Wildman–Crippen MR) is 134 cm³/mol. The summed E-state index contributed by atoms with van der Waals surface area (Å²) in [7, 11) is 0. The minimum Gasteiger partial charge on any atom is -0.326 e. The highest BCUT2D eigenvalue weighted by atomic mass is 35.5. The quantitative estimate of drug-likeness (QED) is 0.406. The molecule has 0 aliphatic carbocycles. The molecule has 3 heterocycles. The van der Waals surface area contributed by atoms with E-state index in [4.69, 9.17) is 11.6 Å². The van der Waals surface area contributed by atoms with Crippen LogP contribution in [0.2, 0.25) is 5.02 Å². The Labute approximate surface area is 215 Å². The van der Waals surface area contributed by atoms with Gasteiger partial charge in [-0.25, -0.2) is 18.7 Å². The van der Waals surface area contributed by atoms with E-state index in [1.807, 2.05) is 0 Å². The highest BCUT2D eigenvalue weighted by molar-refractivity contribution is 6.33. The summed E-state index contributed by atoms with van der Waals surface area (Å²) in [6.45, 7) is -0.464. The van der Waals surface area contributed by atoms with Crippen LogP contribution in [-0.4, -0.2) is 55.2 Å². The molecule has 5 rings (SSSR count). The van der Waals surface area contributed by atoms with Gasteiger partial charge in [-0.15, -0.1) is 0 Å². The lowest BCUT2D eigenvalue weighted by Gasteiger charge is -2.24. The fraction of sp³-hybridized carbons (Fsp3) is 0.192. The summed E-state index contributed by atoms with van der Waals surface area (Å²) in [4.78, 5) is 35.4. The van der Waals surface area contributed by atoms with Gasteiger partial charge in [0.05, 0.1) is 17.9 Å². The first-order valence-corrected chi connectivity index (χ1v) is 11.8. The van der Waals surface area contributed by atoms with Crippen LogP contribution in [0.4, 0.5) is 14.5 Å². The summed E-state index contributed by atoms with van der Waals surface area (Å²) in [6.07, 6.45) is 4.49. The molecular formula is C26H21ClF2N6O2. The van der Waals surface area contributed by atoms with Crippen LogP contribution in [0.15, 0.2) is 73.4 Å². The van der Waals surface area contributed by atoms with Crippen molar-refractivity contribution in [3.05, 3.63) is 84.3 Å². The Morgan fingerprint density at radius 3 is 2.59 bits per heavy atom. The van der Waals surface area contributed by atoms with Crippen molar-refractivity contribution in [2.75, 3.05) is 11.9 Å². The minimum absolute atomic E-state index is 0.0874. The summed E-state index contributed by atoms with van der Waals surface area (Å²) in [5, 5.41) is 7.06. The van der Waals surface area contributed by atoms with Crippen LogP contribution in [0.25, 0.3) is 22.4 Å². The molecule has 8 nitrogen and oxygen atoms in total. The minimum atomic E-state index is -1.39. The summed E-state index contributed by atoms with van der Waals surface area (Å²) in [6, 6.07) is 11.9. The molecule has 2 aromatic carbocycles. The Bertz CT molecular complexity index is 1450. The summed E-state index contributed by atoms with van der Waals surface area (Å²) in [5.41, 5.74) is 1.85. The Balaban J connectivity index is 1.34. The number of benzene rings is 2. The number of halogens is 3. The van der Waals surface area contributed by atoms with Crippen molar-refractivity contribution >= 4 is 29.1 Å². The second kappa shape index (κ2) is 10.4. The van der Waals surface area contributed by atoms with Gasteiger partial charge in [0, 0.05) is 46.7 Å². The monoisotopic (exact) mass is 522 g/mol. The van der Waals surface area contributed by atoms with Crippen LogP contribution in [0, 0.1) is 5.82 Å². The molecule has 1 aliphatic rings. The molecule has 0 unspecified atom stereocenters. The number of hydrogen-bond acceptors (Lipinski definition) is 5. The standard InChI is InChI=1S/C26H21ClF2N6O2/c27-20-6-2-1-4-18(20)19-5-3-7-21(25(19)29)33-26(37)23-10-17(28)13-34(23)24(36)14-35-22(8-9-32-35)16-11-30-15-31-12-16/h1-9,11-12,15,17,23H,10,13-14H2,(H,33,37)/t17-,23+/m1/s1. The molecule has 1 aliphatic heterocycles. The molecular weight excluding hydrogens is 502 g/mol. The van der Waals surface area contributed by atoms with E-state index in [0.717, 1.165) is 0 Å². The number of hydrogen-bond donors (Lipinski definition) is 1. The van der Waals surface area contributed by atoms with Gasteiger partial charge in [-0.2, -0.15) is 5.10 Å². The molecule has 2 atom stereocenters. The number of anilines is 1. The lowest BCUT2D eigenvalue weighted by Crippen LogP contribution is -2.44. The van der Waals surface area contributed by atoms with Crippen molar-refractivity contribution in [2.24, 2.45) is 0 Å². The third-order valence-electron chi connectivity index (χ3n) is 6.15. The molecule has 2 amide bonds. The average molecular weight is 523 g/mol. The highest BCUT2D eigenvalue weighted by Gasteiger charge is 2.40. The van der Waals surface area contributed by atoms with E-state index >= 15 is 4.39 Å². The van der Waals surface area contributed by atoms with Crippen LogP contribution in [0.5, 0.6) is 0 Å². The van der Waals surface area contributed by atoms with Gasteiger partial charge in [-0.05, 0) is 18.2 Å². The number of alkyl halides is 1. The highest BCUT2D eigenvalue weighted by Crippen LogP contribution is 2.33. The van der Waals surface area contributed by atoms with Gasteiger partial charge < -0.3 is 10.2 Å². The molecule has 0 saturated carbocycles. The topological polar surface area (TPSA) is 93.0 Å². The molecule has 0 bridgehead atoms. The van der Waals surface area contributed by atoms with Crippen LogP contribution in [0.1, 0.15) is 6.42 Å². The molecule has 11 heteroatoms. The number of nitrogens with zero attached hydrogens (tertiary/aromatic N) is 5. The Morgan fingerprint density at radius 2 is 1.81 bits per heavy atom. The lowest BCUT2D eigenvalue weighted by atomic mass is 10.0. The first-order valence-electron chi connectivity index (χ1n) is 11.5. The van der Waals surface area contributed by atoms with Crippen molar-refractivity contribution in [1.82, 2.24) is 24.6 Å². The molecule has 0 spiro atoms. The van der Waals surface area contributed by atoms with Gasteiger partial charge in [0.1, 0.15) is 25.1 Å². The zero-order chi connectivity index (χ0) is 25.9. The SMILES string of the molecule is O=C(Nc1cccc(-c2ccccc2Cl)c1F)[C@@H]1C[C@@H](F)CN1C(=O)Cn1nccc1-c1cncnc1. The number of amides is 2. The van der Waals surface area contributed by atoms with Crippen molar-refractivity contribution in [1.29, 1.82) is 0 Å². The normalized spacial score (nSPS) is 17.1. The molecule has 0 radical (unpaired) electrons. The van der Waals surface area contributed by atoms with Gasteiger partial charge in [0.15, 0.2) is 5.82 Å². The van der Waals surface area contributed by atoms with E-state index in [9.17, 15) is 14.0 Å². The fourth-order valence-electron chi connectivity index (χ4n) is 4.40. The maximum absolute atomic E-state index is 15.3. The van der Waals surface area contributed by atoms with Crippen molar-refractivity contribution in [2.45, 2.75) is 25.2 Å². The van der Waals surface area contributed by atoms with Gasteiger partial charge in [-0.3, -0.25) is 14.3 Å². The fourth-order valence-corrected chi connectivity index (χ4v) is 4.63. The Morgan fingerprint density at radius 1 is 1.05 bits per heavy atom. The van der Waals surface area contributed by atoms with Gasteiger partial charge in [-0.1, -0.05) is 41.9 Å². The van der Waals surface area contributed by atoms with E-state index in [-0.39, 0.29) is 30.8 Å². The summed E-state index contributed by atoms with van der Waals surface area (Å²) < 4.78 is 31.2. The first kappa shape index (κ1) is 24.5. The van der Waals surface area contributed by atoms with Crippen molar-refractivity contribution < 1.29 is 18.4 Å². The van der Waals surface area contributed by atoms with E-state index in [1.165, 1.54) is 28.2 Å². The van der Waals surface area contributed by atoms with E-state index in [1.54, 1.807) is 54.9 Å². The molecule has 1 N–H and O–H groups in total. The smallest absolute Gasteiger partial charge is 0.247 e. The third-order valence-corrected chi connectivity index (χ3v) is 6.48. The second-order valence-corrected chi connectivity index (χ2v) is 8.94. The van der Waals surface area contributed by atoms with Crippen molar-refractivity contribution in [3.63, 3.8) is 0 Å². The molecule has 1 fully saturated rings. The van der Waals surface area contributed by atoms with Gasteiger partial charge in [0.2, 0.25) is 11.8 Å². The maximum Gasteiger partial charge on any atom is 0.247 e. The van der Waals surface area contributed by atoms with Crippen LogP contribution in [0.3, 0.4) is 0 Å². The predicted octanol–water partition coefficient (Wildman–Crippen LogP) is 4.38. The average Bonchev–Trinajstić information content (AvgIpc) is 3.53. The zero-order valence-corrected chi connectivity index (χ0v) is 20.1. The van der Waals surface area contributed by atoms with Gasteiger partial charge in [0.25, 0.3) is 0 Å². The number of carbonyl (C=O) groups excluding carboxylic acids is 2. The lowest BCUT2D eigenvalue weighted by molar-refractivity contribution is -0.137. The number of likely N-dealkylation sites (tertiary alicyclic amines) is 1. The van der Waals surface area contributed by atoms with Crippen molar-refractivity contribution in [3.8, 4) is 22.4 Å². The molecule has 2 aromatic heterocycles. The Kier molecular flexibility index (Phi) is 6.91. The van der Waals surface area contributed by atoms with E-state index in [0.29, 0.717) is 21.8 Å². The first-order chi connectivity index (χ1) is 17.9. The largest absolute Gasteiger partial charge is 0.326 e. The maximum atomic E-state index is 15.3. The van der Waals surface area contributed by atoms with E-state index < -0.39 is 29.8 Å². The molecule has 188 valence electrons. The number of aromatic nitrogens is 4. The number of rotatable bonds is 6. The van der Waals surface area contributed by atoms with E-state index in [2.05, 4.69) is 20.4 Å². The molecule has 1 saturated heterocycles. The Hall–Kier alpha value is -4.18. The zero-order valence-electron chi connectivity index (χ0n) is 19.4. The third kappa shape index (κ3) is 5.05. The van der Waals surface area contributed by atoms with Crippen LogP contribution >= 0.6 is 11.6 Å². The summed E-state index contributed by atoms with van der Waals surface area (Å²) in [5.74, 6) is -1.85. The van der Waals surface area contributed by atoms with Gasteiger partial charge >= 0.3 is 0 Å². The number of nitrogens with one attached hydrogen (secondary N) is 1. The second-order valence-electron chi connectivity index (χ2n) is 8.53. The number of carbonyl (C=O) groups is 2. The van der Waals surface area contributed by atoms with Crippen LogP contribution in [-0.2, 0) is 16.1 Å². The summed E-state index contributed by atoms with van der Waals surface area (Å²) >= 11 is 6.22. The molecule has 4 aromatic rings. The molecule has 37 heavy (non-hydrogen) atoms.